The average Bonchev–Trinajstić information content (AvgIpc) is 2.39. The minimum absolute atomic E-state index is 0.348. The fraction of sp³-hybridized carbons (Fsp3) is 0.333. The minimum atomic E-state index is -0.349. The molecule has 0 spiro atoms. The lowest BCUT2D eigenvalue weighted by Crippen LogP contribution is -2.57. The maximum Gasteiger partial charge on any atom is 0.241 e. The topological polar surface area (TPSA) is 82.2 Å². The fourth-order valence-electron chi connectivity index (χ4n) is 2.02. The van der Waals surface area contributed by atoms with Gasteiger partial charge in [0.1, 0.15) is 6.04 Å². The lowest BCUT2D eigenvalue weighted by atomic mass is 10.1. The van der Waals surface area contributed by atoms with Crippen molar-refractivity contribution in [2.75, 3.05) is 24.5 Å². The molecule has 0 aliphatic carbocycles. The highest BCUT2D eigenvalue weighted by molar-refractivity contribution is 5.84. The van der Waals surface area contributed by atoms with Crippen LogP contribution in [0.3, 0.4) is 0 Å². The Labute approximate surface area is 99.8 Å². The largest absolute Gasteiger partial charge is 0.368 e. The Morgan fingerprint density at radius 1 is 1.59 bits per heavy atom. The number of amides is 1. The van der Waals surface area contributed by atoms with Gasteiger partial charge in [-0.3, -0.25) is 4.79 Å². The summed E-state index contributed by atoms with van der Waals surface area (Å²) in [6, 6.07) is 8.97. The highest BCUT2D eigenvalue weighted by atomic mass is 16.1. The van der Waals surface area contributed by atoms with Gasteiger partial charge in [-0.2, -0.15) is 5.26 Å². The first-order chi connectivity index (χ1) is 8.22. The second kappa shape index (κ2) is 4.85. The van der Waals surface area contributed by atoms with Crippen LogP contribution in [-0.2, 0) is 4.79 Å². The van der Waals surface area contributed by atoms with E-state index in [1.807, 2.05) is 17.0 Å². The van der Waals surface area contributed by atoms with Gasteiger partial charge >= 0.3 is 0 Å². The van der Waals surface area contributed by atoms with Crippen molar-refractivity contribution >= 4 is 11.6 Å². The van der Waals surface area contributed by atoms with Gasteiger partial charge in [0.05, 0.1) is 11.6 Å². The Morgan fingerprint density at radius 3 is 3.12 bits per heavy atom. The van der Waals surface area contributed by atoms with Gasteiger partial charge in [0, 0.05) is 25.3 Å². The molecule has 1 aliphatic heterocycles. The smallest absolute Gasteiger partial charge is 0.241 e. The van der Waals surface area contributed by atoms with Crippen molar-refractivity contribution in [2.24, 2.45) is 5.73 Å². The molecule has 5 heteroatoms. The standard InChI is InChI=1S/C12H14N4O/c13-7-9-2-1-3-10(6-9)16-5-4-15-8-11(16)12(14)17/h1-3,6,11,15H,4-5,8H2,(H2,14,17). The average molecular weight is 230 g/mol. The van der Waals surface area contributed by atoms with Gasteiger partial charge in [-0.05, 0) is 18.2 Å². The summed E-state index contributed by atoms with van der Waals surface area (Å²) < 4.78 is 0. The number of anilines is 1. The lowest BCUT2D eigenvalue weighted by Gasteiger charge is -2.36. The molecule has 1 heterocycles. The van der Waals surface area contributed by atoms with Gasteiger partial charge in [0.2, 0.25) is 5.91 Å². The summed E-state index contributed by atoms with van der Waals surface area (Å²) in [6.45, 7) is 2.06. The molecule has 0 saturated carbocycles. The molecular weight excluding hydrogens is 216 g/mol. The number of hydrogen-bond donors (Lipinski definition) is 2. The molecule has 1 fully saturated rings. The molecule has 2 rings (SSSR count). The highest BCUT2D eigenvalue weighted by Crippen LogP contribution is 2.19. The SMILES string of the molecule is N#Cc1cccc(N2CCNCC2C(N)=O)c1. The molecule has 5 nitrogen and oxygen atoms in total. The molecular formula is C12H14N4O. The summed E-state index contributed by atoms with van der Waals surface area (Å²) in [7, 11) is 0. The van der Waals surface area contributed by atoms with Crippen LogP contribution in [0.4, 0.5) is 5.69 Å². The second-order valence-corrected chi connectivity index (χ2v) is 3.98. The number of benzene rings is 1. The molecule has 0 bridgehead atoms. The molecule has 17 heavy (non-hydrogen) atoms. The van der Waals surface area contributed by atoms with E-state index in [2.05, 4.69) is 11.4 Å². The molecule has 1 atom stereocenters. The minimum Gasteiger partial charge on any atom is -0.368 e. The Bertz CT molecular complexity index is 466. The predicted octanol–water partition coefficient (Wildman–Crippen LogP) is -0.178. The van der Waals surface area contributed by atoms with Crippen molar-refractivity contribution < 1.29 is 4.79 Å². The number of primary amides is 1. The van der Waals surface area contributed by atoms with E-state index in [1.54, 1.807) is 12.1 Å². The summed E-state index contributed by atoms with van der Waals surface area (Å²) >= 11 is 0. The predicted molar refractivity (Wildman–Crippen MR) is 64.4 cm³/mol. The second-order valence-electron chi connectivity index (χ2n) is 3.98. The van der Waals surface area contributed by atoms with Crippen molar-refractivity contribution in [1.82, 2.24) is 5.32 Å². The van der Waals surface area contributed by atoms with Crippen LogP contribution in [0.1, 0.15) is 5.56 Å². The van der Waals surface area contributed by atoms with E-state index in [1.165, 1.54) is 0 Å². The first kappa shape index (κ1) is 11.4. The molecule has 0 radical (unpaired) electrons. The first-order valence-corrected chi connectivity index (χ1v) is 5.49. The molecule has 1 unspecified atom stereocenters. The van der Waals surface area contributed by atoms with Gasteiger partial charge in [0.15, 0.2) is 0 Å². The van der Waals surface area contributed by atoms with Gasteiger partial charge in [-0.25, -0.2) is 0 Å². The van der Waals surface area contributed by atoms with E-state index in [9.17, 15) is 4.79 Å². The summed E-state index contributed by atoms with van der Waals surface area (Å²) in [5.74, 6) is -0.348. The maximum atomic E-state index is 11.4. The van der Waals surface area contributed by atoms with E-state index >= 15 is 0 Å². The van der Waals surface area contributed by atoms with Crippen molar-refractivity contribution in [3.8, 4) is 6.07 Å². The summed E-state index contributed by atoms with van der Waals surface area (Å²) in [6.07, 6.45) is 0. The number of rotatable bonds is 2. The number of carbonyl (C=O) groups is 1. The lowest BCUT2D eigenvalue weighted by molar-refractivity contribution is -0.119. The van der Waals surface area contributed by atoms with Crippen molar-refractivity contribution in [3.63, 3.8) is 0 Å². The third kappa shape index (κ3) is 2.37. The van der Waals surface area contributed by atoms with Crippen LogP contribution < -0.4 is 16.0 Å². The van der Waals surface area contributed by atoms with Crippen molar-refractivity contribution in [3.05, 3.63) is 29.8 Å². The van der Waals surface area contributed by atoms with Crippen molar-refractivity contribution in [1.29, 1.82) is 5.26 Å². The Balaban J connectivity index is 2.29. The number of nitrogens with two attached hydrogens (primary N) is 1. The molecule has 0 aromatic heterocycles. The van der Waals surface area contributed by atoms with E-state index in [0.717, 1.165) is 12.2 Å². The molecule has 1 aromatic rings. The normalized spacial score (nSPS) is 19.7. The first-order valence-electron chi connectivity index (χ1n) is 5.49. The molecule has 1 saturated heterocycles. The maximum absolute atomic E-state index is 11.4. The fourth-order valence-corrected chi connectivity index (χ4v) is 2.02. The summed E-state index contributed by atoms with van der Waals surface area (Å²) in [4.78, 5) is 13.3. The van der Waals surface area contributed by atoms with Crippen LogP contribution in [0.2, 0.25) is 0 Å². The monoisotopic (exact) mass is 230 g/mol. The molecule has 1 aromatic carbocycles. The van der Waals surface area contributed by atoms with Gasteiger partial charge in [-0.15, -0.1) is 0 Å². The van der Waals surface area contributed by atoms with Crippen LogP contribution >= 0.6 is 0 Å². The van der Waals surface area contributed by atoms with E-state index in [4.69, 9.17) is 11.0 Å². The number of piperazine rings is 1. The summed E-state index contributed by atoms with van der Waals surface area (Å²) in [5, 5.41) is 12.0. The Morgan fingerprint density at radius 2 is 2.41 bits per heavy atom. The van der Waals surface area contributed by atoms with Gasteiger partial charge < -0.3 is 16.0 Å². The van der Waals surface area contributed by atoms with Crippen LogP contribution in [0.25, 0.3) is 0 Å². The molecule has 88 valence electrons. The van der Waals surface area contributed by atoms with Crippen LogP contribution in [-0.4, -0.2) is 31.6 Å². The third-order valence-electron chi connectivity index (χ3n) is 2.88. The van der Waals surface area contributed by atoms with Gasteiger partial charge in [0.25, 0.3) is 0 Å². The van der Waals surface area contributed by atoms with Crippen LogP contribution in [0, 0.1) is 11.3 Å². The Hall–Kier alpha value is -2.06. The van der Waals surface area contributed by atoms with Crippen LogP contribution in [0.5, 0.6) is 0 Å². The molecule has 1 aliphatic rings. The number of nitrogens with one attached hydrogen (secondary N) is 1. The van der Waals surface area contributed by atoms with E-state index < -0.39 is 0 Å². The van der Waals surface area contributed by atoms with Gasteiger partial charge in [-0.1, -0.05) is 6.07 Å². The van der Waals surface area contributed by atoms with E-state index in [0.29, 0.717) is 18.7 Å². The third-order valence-corrected chi connectivity index (χ3v) is 2.88. The quantitative estimate of drug-likeness (QED) is 0.738. The van der Waals surface area contributed by atoms with E-state index in [-0.39, 0.29) is 11.9 Å². The molecule has 3 N–H and O–H groups in total. The zero-order valence-electron chi connectivity index (χ0n) is 9.39. The number of hydrogen-bond acceptors (Lipinski definition) is 4. The summed E-state index contributed by atoms with van der Waals surface area (Å²) in [5.41, 5.74) is 6.84. The Kier molecular flexibility index (Phi) is 3.26. The number of nitriles is 1. The number of nitrogens with zero attached hydrogens (tertiary/aromatic N) is 2. The zero-order valence-corrected chi connectivity index (χ0v) is 9.39. The zero-order chi connectivity index (χ0) is 12.3. The highest BCUT2D eigenvalue weighted by Gasteiger charge is 2.26. The van der Waals surface area contributed by atoms with Crippen molar-refractivity contribution in [2.45, 2.75) is 6.04 Å². The number of carbonyl (C=O) groups excluding carboxylic acids is 1. The molecule has 1 amide bonds. The van der Waals surface area contributed by atoms with Crippen LogP contribution in [0.15, 0.2) is 24.3 Å².